The van der Waals surface area contributed by atoms with E-state index in [1.807, 2.05) is 0 Å². The molecule has 3 nitrogen and oxygen atoms in total. The highest BCUT2D eigenvalue weighted by molar-refractivity contribution is 5.47. The molecule has 1 aromatic carbocycles. The van der Waals surface area contributed by atoms with E-state index in [4.69, 9.17) is 5.73 Å². The van der Waals surface area contributed by atoms with Crippen LogP contribution >= 0.6 is 0 Å². The lowest BCUT2D eigenvalue weighted by atomic mass is 10.2. The van der Waals surface area contributed by atoms with Crippen LogP contribution < -0.4 is 10.6 Å². The summed E-state index contributed by atoms with van der Waals surface area (Å²) in [6, 6.07) is 8.57. The van der Waals surface area contributed by atoms with Gasteiger partial charge < -0.3 is 15.5 Å². The van der Waals surface area contributed by atoms with Crippen LogP contribution in [0.2, 0.25) is 0 Å². The smallest absolute Gasteiger partial charge is 0.0366 e. The van der Waals surface area contributed by atoms with Gasteiger partial charge >= 0.3 is 0 Å². The zero-order chi connectivity index (χ0) is 12.7. The van der Waals surface area contributed by atoms with Crippen molar-refractivity contribution in [1.29, 1.82) is 0 Å². The molecule has 0 fully saturated rings. The maximum Gasteiger partial charge on any atom is 0.0366 e. The van der Waals surface area contributed by atoms with Gasteiger partial charge in [0, 0.05) is 25.3 Å². The molecule has 0 saturated carbocycles. The summed E-state index contributed by atoms with van der Waals surface area (Å²) in [5, 5.41) is 0. The van der Waals surface area contributed by atoms with E-state index in [1.54, 1.807) is 0 Å². The third-order valence-corrected chi connectivity index (χ3v) is 2.95. The summed E-state index contributed by atoms with van der Waals surface area (Å²) in [6.45, 7) is 6.11. The van der Waals surface area contributed by atoms with E-state index in [2.05, 4.69) is 55.1 Å². The fourth-order valence-corrected chi connectivity index (χ4v) is 1.89. The molecule has 17 heavy (non-hydrogen) atoms. The number of nitrogens with zero attached hydrogens (tertiary/aromatic N) is 2. The Hall–Kier alpha value is -1.06. The second-order valence-corrected chi connectivity index (χ2v) is 4.61. The molecule has 0 heterocycles. The number of hydrogen-bond donors (Lipinski definition) is 1. The standard InChI is InChI=1S/C14H25N3/c1-4-17(11-5-10-16(2)3)14-8-6-13(12-15)7-9-14/h6-9H,4-5,10-12,15H2,1-3H3. The molecule has 0 aromatic heterocycles. The molecule has 1 aromatic rings. The Morgan fingerprint density at radius 3 is 2.18 bits per heavy atom. The highest BCUT2D eigenvalue weighted by Crippen LogP contribution is 2.15. The molecule has 0 atom stereocenters. The number of nitrogens with two attached hydrogens (primary N) is 1. The van der Waals surface area contributed by atoms with Gasteiger partial charge in [0.15, 0.2) is 0 Å². The summed E-state index contributed by atoms with van der Waals surface area (Å²) in [5.41, 5.74) is 8.09. The average Bonchev–Trinajstić information content (AvgIpc) is 2.34. The highest BCUT2D eigenvalue weighted by Gasteiger charge is 2.03. The molecular formula is C14H25N3. The Balaban J connectivity index is 2.53. The maximum atomic E-state index is 5.60. The third kappa shape index (κ3) is 4.75. The quantitative estimate of drug-likeness (QED) is 0.784. The first-order valence-electron chi connectivity index (χ1n) is 6.36. The summed E-state index contributed by atoms with van der Waals surface area (Å²) in [4.78, 5) is 4.63. The van der Waals surface area contributed by atoms with E-state index in [0.29, 0.717) is 6.54 Å². The van der Waals surface area contributed by atoms with Crippen LogP contribution in [0.1, 0.15) is 18.9 Å². The zero-order valence-corrected chi connectivity index (χ0v) is 11.3. The highest BCUT2D eigenvalue weighted by atomic mass is 15.1. The fraction of sp³-hybridized carbons (Fsp3) is 0.571. The van der Waals surface area contributed by atoms with E-state index in [-0.39, 0.29) is 0 Å². The van der Waals surface area contributed by atoms with Gasteiger partial charge in [-0.25, -0.2) is 0 Å². The minimum Gasteiger partial charge on any atom is -0.372 e. The second kappa shape index (κ2) is 7.30. The van der Waals surface area contributed by atoms with Gasteiger partial charge in [0.1, 0.15) is 0 Å². The molecule has 0 aliphatic heterocycles. The van der Waals surface area contributed by atoms with E-state index in [9.17, 15) is 0 Å². The molecule has 0 unspecified atom stereocenters. The van der Waals surface area contributed by atoms with Gasteiger partial charge in [0.25, 0.3) is 0 Å². The van der Waals surface area contributed by atoms with Crippen molar-refractivity contribution in [2.75, 3.05) is 38.6 Å². The van der Waals surface area contributed by atoms with Crippen molar-refractivity contribution in [3.63, 3.8) is 0 Å². The average molecular weight is 235 g/mol. The maximum absolute atomic E-state index is 5.60. The van der Waals surface area contributed by atoms with Crippen LogP contribution in [0, 0.1) is 0 Å². The number of benzene rings is 1. The normalized spacial score (nSPS) is 10.9. The van der Waals surface area contributed by atoms with E-state index in [0.717, 1.165) is 19.6 Å². The summed E-state index contributed by atoms with van der Waals surface area (Å²) in [5.74, 6) is 0. The van der Waals surface area contributed by atoms with Crippen LogP contribution in [-0.2, 0) is 6.54 Å². The number of anilines is 1. The zero-order valence-electron chi connectivity index (χ0n) is 11.3. The lowest BCUT2D eigenvalue weighted by Gasteiger charge is -2.24. The van der Waals surface area contributed by atoms with Gasteiger partial charge in [0.05, 0.1) is 0 Å². The van der Waals surface area contributed by atoms with Crippen molar-refractivity contribution in [1.82, 2.24) is 4.90 Å². The monoisotopic (exact) mass is 235 g/mol. The molecule has 96 valence electrons. The largest absolute Gasteiger partial charge is 0.372 e. The summed E-state index contributed by atoms with van der Waals surface area (Å²) >= 11 is 0. The molecule has 0 saturated heterocycles. The van der Waals surface area contributed by atoms with E-state index >= 15 is 0 Å². The third-order valence-electron chi connectivity index (χ3n) is 2.95. The summed E-state index contributed by atoms with van der Waals surface area (Å²) in [7, 11) is 4.23. The lowest BCUT2D eigenvalue weighted by Crippen LogP contribution is -2.26. The van der Waals surface area contributed by atoms with Crippen LogP contribution in [0.15, 0.2) is 24.3 Å². The lowest BCUT2D eigenvalue weighted by molar-refractivity contribution is 0.400. The van der Waals surface area contributed by atoms with Crippen molar-refractivity contribution in [2.24, 2.45) is 5.73 Å². The first-order chi connectivity index (χ1) is 8.17. The molecule has 1 rings (SSSR count). The molecule has 0 bridgehead atoms. The SMILES string of the molecule is CCN(CCCN(C)C)c1ccc(CN)cc1. The molecule has 3 heteroatoms. The van der Waals surface area contributed by atoms with Crippen molar-refractivity contribution in [3.8, 4) is 0 Å². The minimum atomic E-state index is 0.618. The molecular weight excluding hydrogens is 210 g/mol. The van der Waals surface area contributed by atoms with Crippen LogP contribution in [-0.4, -0.2) is 38.6 Å². The first-order valence-corrected chi connectivity index (χ1v) is 6.36. The van der Waals surface area contributed by atoms with Gasteiger partial charge in [0.2, 0.25) is 0 Å². The van der Waals surface area contributed by atoms with Gasteiger partial charge in [-0.05, 0) is 51.7 Å². The molecule has 2 N–H and O–H groups in total. The minimum absolute atomic E-state index is 0.618. The fourth-order valence-electron chi connectivity index (χ4n) is 1.89. The van der Waals surface area contributed by atoms with Gasteiger partial charge in [-0.1, -0.05) is 12.1 Å². The Kier molecular flexibility index (Phi) is 6.01. The molecule has 0 aliphatic rings. The Morgan fingerprint density at radius 1 is 1.06 bits per heavy atom. The van der Waals surface area contributed by atoms with Gasteiger partial charge in [-0.2, -0.15) is 0 Å². The predicted molar refractivity (Wildman–Crippen MR) is 75.4 cm³/mol. The van der Waals surface area contributed by atoms with Gasteiger partial charge in [-0.3, -0.25) is 0 Å². The van der Waals surface area contributed by atoms with Crippen LogP contribution in [0.4, 0.5) is 5.69 Å². The van der Waals surface area contributed by atoms with Crippen molar-refractivity contribution in [2.45, 2.75) is 19.9 Å². The van der Waals surface area contributed by atoms with E-state index < -0.39 is 0 Å². The Morgan fingerprint density at radius 2 is 1.71 bits per heavy atom. The van der Waals surface area contributed by atoms with Gasteiger partial charge in [-0.15, -0.1) is 0 Å². The second-order valence-electron chi connectivity index (χ2n) is 4.61. The number of rotatable bonds is 7. The Bertz CT molecular complexity index is 306. The molecule has 0 aliphatic carbocycles. The van der Waals surface area contributed by atoms with Crippen molar-refractivity contribution < 1.29 is 0 Å². The Labute approximate surface area is 105 Å². The molecule has 0 amide bonds. The summed E-state index contributed by atoms with van der Waals surface area (Å²) < 4.78 is 0. The predicted octanol–water partition coefficient (Wildman–Crippen LogP) is 1.92. The first kappa shape index (κ1) is 14.0. The molecule has 0 radical (unpaired) electrons. The van der Waals surface area contributed by atoms with E-state index in [1.165, 1.54) is 17.7 Å². The van der Waals surface area contributed by atoms with Crippen LogP contribution in [0.25, 0.3) is 0 Å². The molecule has 0 spiro atoms. The van der Waals surface area contributed by atoms with Crippen LogP contribution in [0.5, 0.6) is 0 Å². The van der Waals surface area contributed by atoms with Crippen molar-refractivity contribution in [3.05, 3.63) is 29.8 Å². The number of hydrogen-bond acceptors (Lipinski definition) is 3. The van der Waals surface area contributed by atoms with Crippen LogP contribution in [0.3, 0.4) is 0 Å². The topological polar surface area (TPSA) is 32.5 Å². The summed E-state index contributed by atoms with van der Waals surface area (Å²) in [6.07, 6.45) is 1.19. The van der Waals surface area contributed by atoms with Crippen molar-refractivity contribution >= 4 is 5.69 Å².